The lowest BCUT2D eigenvalue weighted by Gasteiger charge is -2.19. The average Bonchev–Trinajstić information content (AvgIpc) is 2.35. The number of rotatable bonds is 3. The minimum atomic E-state index is 0.561. The molecule has 0 aromatic carbocycles. The molecule has 0 saturated heterocycles. The molecule has 0 N–H and O–H groups in total. The van der Waals surface area contributed by atoms with Crippen LogP contribution in [0.15, 0.2) is 6.20 Å². The van der Waals surface area contributed by atoms with Gasteiger partial charge in [0.15, 0.2) is 4.47 Å². The molecule has 0 bridgehead atoms. The van der Waals surface area contributed by atoms with Gasteiger partial charge < -0.3 is 0 Å². The molecule has 4 heteroatoms. The summed E-state index contributed by atoms with van der Waals surface area (Å²) in [6, 6.07) is 0.561. The summed E-state index contributed by atoms with van der Waals surface area (Å²) in [5.74, 6) is 0. The second-order valence-electron chi connectivity index (χ2n) is 3.09. The van der Waals surface area contributed by atoms with E-state index in [0.717, 1.165) is 6.54 Å². The number of hydrogen-bond donors (Lipinski definition) is 0. The summed E-state index contributed by atoms with van der Waals surface area (Å²) < 4.78 is 0.627. The second kappa shape index (κ2) is 4.21. The zero-order valence-electron chi connectivity index (χ0n) is 7.54. The van der Waals surface area contributed by atoms with Crippen LogP contribution in [0, 0.1) is 0 Å². The lowest BCUT2D eigenvalue weighted by atomic mass is 10.3. The van der Waals surface area contributed by atoms with Crippen molar-refractivity contribution in [2.24, 2.45) is 0 Å². The largest absolute Gasteiger partial charge is 0.299 e. The minimum Gasteiger partial charge on any atom is -0.299 e. The summed E-state index contributed by atoms with van der Waals surface area (Å²) in [7, 11) is 2.10. The number of hydrogen-bond acceptors (Lipinski definition) is 3. The molecule has 1 aromatic heterocycles. The third kappa shape index (κ3) is 2.73. The zero-order valence-corrected chi connectivity index (χ0v) is 9.11. The molecule has 0 fully saturated rings. The predicted molar refractivity (Wildman–Crippen MR) is 53.7 cm³/mol. The van der Waals surface area contributed by atoms with E-state index in [1.807, 2.05) is 6.20 Å². The molecule has 0 amide bonds. The highest BCUT2D eigenvalue weighted by Crippen LogP contribution is 2.19. The van der Waals surface area contributed by atoms with Crippen molar-refractivity contribution in [1.29, 1.82) is 0 Å². The molecule has 1 heterocycles. The Balaban J connectivity index is 2.52. The molecule has 68 valence electrons. The summed E-state index contributed by atoms with van der Waals surface area (Å²) in [5.41, 5.74) is 0. The zero-order chi connectivity index (χ0) is 9.14. The maximum absolute atomic E-state index is 5.71. The van der Waals surface area contributed by atoms with Gasteiger partial charge in [-0.05, 0) is 20.9 Å². The fourth-order valence-corrected chi connectivity index (χ4v) is 1.83. The van der Waals surface area contributed by atoms with Gasteiger partial charge >= 0.3 is 0 Å². The lowest BCUT2D eigenvalue weighted by molar-refractivity contribution is 0.268. The van der Waals surface area contributed by atoms with Crippen LogP contribution in [0.25, 0.3) is 0 Å². The number of nitrogens with zero attached hydrogens (tertiary/aromatic N) is 2. The minimum absolute atomic E-state index is 0.561. The summed E-state index contributed by atoms with van der Waals surface area (Å²) in [6.45, 7) is 5.27. The lowest BCUT2D eigenvalue weighted by Crippen LogP contribution is -2.25. The highest BCUT2D eigenvalue weighted by Gasteiger charge is 2.06. The van der Waals surface area contributed by atoms with Crippen LogP contribution in [0.4, 0.5) is 0 Å². The van der Waals surface area contributed by atoms with Gasteiger partial charge in [0, 0.05) is 23.7 Å². The first kappa shape index (κ1) is 9.96. The second-order valence-corrected chi connectivity index (χ2v) is 4.79. The van der Waals surface area contributed by atoms with Crippen molar-refractivity contribution >= 4 is 22.9 Å². The van der Waals surface area contributed by atoms with E-state index >= 15 is 0 Å². The number of aromatic nitrogens is 1. The van der Waals surface area contributed by atoms with Crippen LogP contribution < -0.4 is 0 Å². The Kier molecular flexibility index (Phi) is 3.50. The van der Waals surface area contributed by atoms with Crippen LogP contribution in [0.3, 0.4) is 0 Å². The molecule has 12 heavy (non-hydrogen) atoms. The van der Waals surface area contributed by atoms with Crippen molar-refractivity contribution in [2.45, 2.75) is 26.4 Å². The molecule has 0 spiro atoms. The molecule has 2 nitrogen and oxygen atoms in total. The molecule has 1 aromatic rings. The quantitative estimate of drug-likeness (QED) is 0.753. The van der Waals surface area contributed by atoms with Crippen LogP contribution in [0.1, 0.15) is 18.7 Å². The van der Waals surface area contributed by atoms with E-state index in [9.17, 15) is 0 Å². The Morgan fingerprint density at radius 1 is 1.67 bits per heavy atom. The molecule has 0 unspecified atom stereocenters. The summed E-state index contributed by atoms with van der Waals surface area (Å²) in [6.07, 6.45) is 1.84. The fourth-order valence-electron chi connectivity index (χ4n) is 0.785. The van der Waals surface area contributed by atoms with E-state index in [1.54, 1.807) is 11.3 Å². The molecule has 0 aliphatic rings. The van der Waals surface area contributed by atoms with Crippen molar-refractivity contribution in [3.05, 3.63) is 15.5 Å². The van der Waals surface area contributed by atoms with E-state index in [4.69, 9.17) is 11.6 Å². The molecule has 0 atom stereocenters. The molecular formula is C8H13ClN2S. The Bertz CT molecular complexity index is 247. The van der Waals surface area contributed by atoms with Crippen LogP contribution >= 0.6 is 22.9 Å². The molecule has 0 aliphatic heterocycles. The van der Waals surface area contributed by atoms with Gasteiger partial charge in [0.25, 0.3) is 0 Å². The Morgan fingerprint density at radius 2 is 2.33 bits per heavy atom. The van der Waals surface area contributed by atoms with Gasteiger partial charge in [0.2, 0.25) is 0 Å². The maximum atomic E-state index is 5.71. The summed E-state index contributed by atoms with van der Waals surface area (Å²) in [5, 5.41) is 0. The average molecular weight is 205 g/mol. The molecular weight excluding hydrogens is 192 g/mol. The monoisotopic (exact) mass is 204 g/mol. The SMILES string of the molecule is CC(C)N(C)Cc1cnc(Cl)s1. The van der Waals surface area contributed by atoms with Gasteiger partial charge in [0.05, 0.1) is 0 Å². The molecule has 0 radical (unpaired) electrons. The number of halogens is 1. The maximum Gasteiger partial charge on any atom is 0.183 e. The van der Waals surface area contributed by atoms with E-state index in [0.29, 0.717) is 10.5 Å². The third-order valence-electron chi connectivity index (χ3n) is 1.81. The van der Waals surface area contributed by atoms with Crippen molar-refractivity contribution in [3.63, 3.8) is 0 Å². The Hall–Kier alpha value is -0.120. The van der Waals surface area contributed by atoms with E-state index in [1.165, 1.54) is 4.88 Å². The fraction of sp³-hybridized carbons (Fsp3) is 0.625. The van der Waals surface area contributed by atoms with E-state index in [2.05, 4.69) is 30.8 Å². The summed E-state index contributed by atoms with van der Waals surface area (Å²) >= 11 is 7.26. The van der Waals surface area contributed by atoms with E-state index in [-0.39, 0.29) is 0 Å². The highest BCUT2D eigenvalue weighted by atomic mass is 35.5. The van der Waals surface area contributed by atoms with Gasteiger partial charge in [-0.3, -0.25) is 4.90 Å². The molecule has 0 aliphatic carbocycles. The van der Waals surface area contributed by atoms with Crippen LogP contribution in [-0.4, -0.2) is 23.0 Å². The third-order valence-corrected chi connectivity index (χ3v) is 2.91. The van der Waals surface area contributed by atoms with Crippen molar-refractivity contribution in [3.8, 4) is 0 Å². The molecule has 0 saturated carbocycles. The first-order valence-electron chi connectivity index (χ1n) is 3.90. The Labute approximate surface area is 82.2 Å². The standard InChI is InChI=1S/C8H13ClN2S/c1-6(2)11(3)5-7-4-10-8(9)12-7/h4,6H,5H2,1-3H3. The van der Waals surface area contributed by atoms with Gasteiger partial charge in [-0.2, -0.15) is 0 Å². The highest BCUT2D eigenvalue weighted by molar-refractivity contribution is 7.15. The van der Waals surface area contributed by atoms with Crippen molar-refractivity contribution < 1.29 is 0 Å². The smallest absolute Gasteiger partial charge is 0.183 e. The van der Waals surface area contributed by atoms with Gasteiger partial charge in [-0.15, -0.1) is 11.3 Å². The van der Waals surface area contributed by atoms with Gasteiger partial charge in [-0.1, -0.05) is 11.6 Å². The van der Waals surface area contributed by atoms with E-state index < -0.39 is 0 Å². The van der Waals surface area contributed by atoms with Gasteiger partial charge in [-0.25, -0.2) is 4.98 Å². The van der Waals surface area contributed by atoms with Crippen molar-refractivity contribution in [1.82, 2.24) is 9.88 Å². The first-order chi connectivity index (χ1) is 5.59. The number of thiazole rings is 1. The summed E-state index contributed by atoms with van der Waals surface area (Å²) in [4.78, 5) is 7.46. The first-order valence-corrected chi connectivity index (χ1v) is 5.09. The normalized spacial score (nSPS) is 11.5. The topological polar surface area (TPSA) is 16.1 Å². The van der Waals surface area contributed by atoms with Gasteiger partial charge in [0.1, 0.15) is 0 Å². The Morgan fingerprint density at radius 3 is 2.75 bits per heavy atom. The van der Waals surface area contributed by atoms with Crippen molar-refractivity contribution in [2.75, 3.05) is 7.05 Å². The predicted octanol–water partition coefficient (Wildman–Crippen LogP) is 2.64. The van der Waals surface area contributed by atoms with Crippen LogP contribution in [0.2, 0.25) is 4.47 Å². The molecule has 1 rings (SSSR count). The van der Waals surface area contributed by atoms with Crippen LogP contribution in [0.5, 0.6) is 0 Å². The van der Waals surface area contributed by atoms with Crippen LogP contribution in [-0.2, 0) is 6.54 Å².